The predicted molar refractivity (Wildman–Crippen MR) is 77.3 cm³/mol. The maximum absolute atomic E-state index is 11.2. The molecular formula is C17H18O2. The maximum atomic E-state index is 11.2. The Kier molecular flexibility index (Phi) is 4.13. The molecule has 0 radical (unpaired) electrons. The molecule has 2 heteroatoms. The molecule has 1 N–H and O–H groups in total. The first kappa shape index (κ1) is 13.5. The zero-order valence-electron chi connectivity index (χ0n) is 11.3. The van der Waals surface area contributed by atoms with Crippen molar-refractivity contribution in [1.82, 2.24) is 0 Å². The van der Waals surface area contributed by atoms with E-state index in [2.05, 4.69) is 0 Å². The molecule has 0 aliphatic carbocycles. The van der Waals surface area contributed by atoms with Crippen LogP contribution in [0.1, 0.15) is 29.8 Å². The first-order valence-corrected chi connectivity index (χ1v) is 6.44. The normalized spacial score (nSPS) is 12.2. The van der Waals surface area contributed by atoms with Gasteiger partial charge in [0.2, 0.25) is 0 Å². The van der Waals surface area contributed by atoms with Crippen molar-refractivity contribution in [2.45, 2.75) is 26.4 Å². The molecule has 1 unspecified atom stereocenters. The second-order valence-corrected chi connectivity index (χ2v) is 4.88. The molecule has 0 fully saturated rings. The summed E-state index contributed by atoms with van der Waals surface area (Å²) in [6, 6.07) is 15.8. The summed E-state index contributed by atoms with van der Waals surface area (Å²) in [5.41, 5.74) is 4.06. The number of carbonyl (C=O) groups excluding carboxylic acids is 1. The van der Waals surface area contributed by atoms with Crippen molar-refractivity contribution in [1.29, 1.82) is 0 Å². The first-order valence-electron chi connectivity index (χ1n) is 6.44. The van der Waals surface area contributed by atoms with Crippen LogP contribution in [-0.2, 0) is 6.42 Å². The number of hydrogen-bond acceptors (Lipinski definition) is 2. The number of hydrogen-bond donors (Lipinski definition) is 1. The van der Waals surface area contributed by atoms with Gasteiger partial charge in [-0.1, -0.05) is 48.5 Å². The molecule has 0 spiro atoms. The second-order valence-electron chi connectivity index (χ2n) is 4.88. The summed E-state index contributed by atoms with van der Waals surface area (Å²) in [6.45, 7) is 3.36. The van der Waals surface area contributed by atoms with Crippen LogP contribution in [-0.4, -0.2) is 17.0 Å². The lowest BCUT2D eigenvalue weighted by Gasteiger charge is -2.07. The van der Waals surface area contributed by atoms with Gasteiger partial charge >= 0.3 is 0 Å². The van der Waals surface area contributed by atoms with Crippen LogP contribution in [0.5, 0.6) is 0 Å². The fourth-order valence-corrected chi connectivity index (χ4v) is 2.07. The number of Topliss-reactive ketones (excluding diaryl/α,β-unsaturated/α-hetero) is 1. The number of aliphatic hydroxyl groups is 1. The number of rotatable bonds is 4. The molecule has 1 atom stereocenters. The molecule has 0 amide bonds. The van der Waals surface area contributed by atoms with Gasteiger partial charge in [-0.15, -0.1) is 0 Å². The third kappa shape index (κ3) is 3.52. The molecule has 0 bridgehead atoms. The number of carbonyl (C=O) groups is 1. The van der Waals surface area contributed by atoms with Gasteiger partial charge < -0.3 is 5.11 Å². The van der Waals surface area contributed by atoms with Gasteiger partial charge in [-0.2, -0.15) is 0 Å². The summed E-state index contributed by atoms with van der Waals surface area (Å²) in [6.07, 6.45) is 0.351. The Balaban J connectivity index is 2.19. The Hall–Kier alpha value is -1.93. The average molecular weight is 254 g/mol. The van der Waals surface area contributed by atoms with E-state index in [0.29, 0.717) is 6.42 Å². The largest absolute Gasteiger partial charge is 0.393 e. The number of benzene rings is 2. The standard InChI is InChI=1S/C17H18O2/c1-12(18)11-14-3-5-16(6-4-14)17-9-7-15(8-10-17)13(2)19/h3-10,12,18H,11H2,1-2H3. The van der Waals surface area contributed by atoms with Gasteiger partial charge in [0.05, 0.1) is 6.10 Å². The summed E-state index contributed by atoms with van der Waals surface area (Å²) in [5.74, 6) is 0.0823. The summed E-state index contributed by atoms with van der Waals surface area (Å²) >= 11 is 0. The van der Waals surface area contributed by atoms with Crippen LogP contribution < -0.4 is 0 Å². The average Bonchev–Trinajstić information content (AvgIpc) is 2.39. The smallest absolute Gasteiger partial charge is 0.159 e. The van der Waals surface area contributed by atoms with E-state index >= 15 is 0 Å². The Labute approximate surface area is 113 Å². The Morgan fingerprint density at radius 2 is 1.47 bits per heavy atom. The van der Waals surface area contributed by atoms with Crippen LogP contribution in [0, 0.1) is 0 Å². The molecule has 19 heavy (non-hydrogen) atoms. The number of aliphatic hydroxyl groups excluding tert-OH is 1. The minimum Gasteiger partial charge on any atom is -0.393 e. The Morgan fingerprint density at radius 1 is 1.00 bits per heavy atom. The molecular weight excluding hydrogens is 236 g/mol. The zero-order chi connectivity index (χ0) is 13.8. The fraction of sp³-hybridized carbons (Fsp3) is 0.235. The topological polar surface area (TPSA) is 37.3 Å². The van der Waals surface area contributed by atoms with E-state index in [1.165, 1.54) is 0 Å². The lowest BCUT2D eigenvalue weighted by atomic mass is 10.00. The van der Waals surface area contributed by atoms with Gasteiger partial charge in [0.15, 0.2) is 5.78 Å². The summed E-state index contributed by atoms with van der Waals surface area (Å²) in [7, 11) is 0. The quantitative estimate of drug-likeness (QED) is 0.848. The molecule has 0 heterocycles. The molecule has 0 saturated carbocycles. The first-order chi connectivity index (χ1) is 9.06. The van der Waals surface area contributed by atoms with Crippen molar-refractivity contribution in [2.24, 2.45) is 0 Å². The van der Waals surface area contributed by atoms with Crippen molar-refractivity contribution < 1.29 is 9.90 Å². The van der Waals surface area contributed by atoms with E-state index in [0.717, 1.165) is 22.3 Å². The van der Waals surface area contributed by atoms with E-state index in [-0.39, 0.29) is 11.9 Å². The predicted octanol–water partition coefficient (Wildman–Crippen LogP) is 3.48. The van der Waals surface area contributed by atoms with Gasteiger partial charge in [0, 0.05) is 5.56 Å². The molecule has 0 saturated heterocycles. The SMILES string of the molecule is CC(=O)c1ccc(-c2ccc(CC(C)O)cc2)cc1. The molecule has 2 aromatic carbocycles. The van der Waals surface area contributed by atoms with E-state index < -0.39 is 0 Å². The summed E-state index contributed by atoms with van der Waals surface area (Å²) < 4.78 is 0. The Bertz CT molecular complexity index is 551. The van der Waals surface area contributed by atoms with Crippen molar-refractivity contribution in [3.05, 3.63) is 59.7 Å². The summed E-state index contributed by atoms with van der Waals surface area (Å²) in [4.78, 5) is 11.2. The highest BCUT2D eigenvalue weighted by atomic mass is 16.3. The van der Waals surface area contributed by atoms with Crippen molar-refractivity contribution >= 4 is 5.78 Å². The number of ketones is 1. The van der Waals surface area contributed by atoms with Crippen molar-refractivity contribution in [3.63, 3.8) is 0 Å². The minimum atomic E-state index is -0.319. The monoisotopic (exact) mass is 254 g/mol. The highest BCUT2D eigenvalue weighted by molar-refractivity contribution is 5.94. The summed E-state index contributed by atoms with van der Waals surface area (Å²) in [5, 5.41) is 9.34. The third-order valence-corrected chi connectivity index (χ3v) is 3.11. The molecule has 0 aliphatic heterocycles. The van der Waals surface area contributed by atoms with Crippen molar-refractivity contribution in [3.8, 4) is 11.1 Å². The van der Waals surface area contributed by atoms with Crippen LogP contribution in [0.25, 0.3) is 11.1 Å². The van der Waals surface area contributed by atoms with E-state index in [1.807, 2.05) is 48.5 Å². The van der Waals surface area contributed by atoms with Crippen LogP contribution in [0.2, 0.25) is 0 Å². The van der Waals surface area contributed by atoms with Crippen LogP contribution >= 0.6 is 0 Å². The highest BCUT2D eigenvalue weighted by Gasteiger charge is 2.02. The van der Waals surface area contributed by atoms with Crippen LogP contribution in [0.4, 0.5) is 0 Å². The van der Waals surface area contributed by atoms with Crippen LogP contribution in [0.15, 0.2) is 48.5 Å². The molecule has 0 aliphatic rings. The molecule has 0 aromatic heterocycles. The fourth-order valence-electron chi connectivity index (χ4n) is 2.07. The van der Waals surface area contributed by atoms with Crippen molar-refractivity contribution in [2.75, 3.05) is 0 Å². The molecule has 2 nitrogen and oxygen atoms in total. The van der Waals surface area contributed by atoms with E-state index in [4.69, 9.17) is 0 Å². The van der Waals surface area contributed by atoms with Gasteiger partial charge in [0.25, 0.3) is 0 Å². The van der Waals surface area contributed by atoms with E-state index in [9.17, 15) is 9.90 Å². The lowest BCUT2D eigenvalue weighted by Crippen LogP contribution is -2.03. The lowest BCUT2D eigenvalue weighted by molar-refractivity contribution is 0.101. The van der Waals surface area contributed by atoms with Crippen LogP contribution in [0.3, 0.4) is 0 Å². The van der Waals surface area contributed by atoms with Gasteiger partial charge in [-0.25, -0.2) is 0 Å². The van der Waals surface area contributed by atoms with Gasteiger partial charge in [-0.05, 0) is 37.0 Å². The maximum Gasteiger partial charge on any atom is 0.159 e. The zero-order valence-corrected chi connectivity index (χ0v) is 11.3. The van der Waals surface area contributed by atoms with Gasteiger partial charge in [0.1, 0.15) is 0 Å². The van der Waals surface area contributed by atoms with E-state index in [1.54, 1.807) is 13.8 Å². The van der Waals surface area contributed by atoms with Gasteiger partial charge in [-0.3, -0.25) is 4.79 Å². The molecule has 2 rings (SSSR count). The minimum absolute atomic E-state index is 0.0823. The third-order valence-electron chi connectivity index (χ3n) is 3.11. The molecule has 2 aromatic rings. The Morgan fingerprint density at radius 3 is 1.89 bits per heavy atom. The second kappa shape index (κ2) is 5.81. The highest BCUT2D eigenvalue weighted by Crippen LogP contribution is 2.21. The molecule has 98 valence electrons.